The summed E-state index contributed by atoms with van der Waals surface area (Å²) in [5, 5.41) is 0. The van der Waals surface area contributed by atoms with Crippen molar-refractivity contribution in [1.82, 2.24) is 0 Å². The number of carbonyl (C=O) groups excluding carboxylic acids is 1. The van der Waals surface area contributed by atoms with Crippen molar-refractivity contribution in [1.29, 1.82) is 0 Å². The molecular weight excluding hydrogens is 168 g/mol. The highest BCUT2D eigenvalue weighted by Gasteiger charge is 2.09. The van der Waals surface area contributed by atoms with Gasteiger partial charge in [-0.2, -0.15) is 0 Å². The van der Waals surface area contributed by atoms with E-state index in [4.69, 9.17) is 9.47 Å². The lowest BCUT2D eigenvalue weighted by Crippen LogP contribution is -2.14. The van der Waals surface area contributed by atoms with Gasteiger partial charge in [0.1, 0.15) is 0 Å². The van der Waals surface area contributed by atoms with Crippen LogP contribution in [0.3, 0.4) is 0 Å². The lowest BCUT2D eigenvalue weighted by atomic mass is 10.1. The van der Waals surface area contributed by atoms with Gasteiger partial charge in [-0.05, 0) is 26.7 Å². The molecule has 0 aliphatic heterocycles. The summed E-state index contributed by atoms with van der Waals surface area (Å²) in [6.07, 6.45) is 2.39. The molecule has 0 saturated carbocycles. The highest BCUT2D eigenvalue weighted by atomic mass is 16.5. The molecule has 0 aromatic heterocycles. The number of ether oxygens (including phenoxy) is 2. The molecular formula is C10H20O3. The Balaban J connectivity index is 3.52. The van der Waals surface area contributed by atoms with Crippen LogP contribution in [0.25, 0.3) is 0 Å². The van der Waals surface area contributed by atoms with E-state index < -0.39 is 0 Å². The van der Waals surface area contributed by atoms with E-state index in [1.165, 1.54) is 0 Å². The molecule has 0 heterocycles. The topological polar surface area (TPSA) is 35.5 Å². The van der Waals surface area contributed by atoms with E-state index in [1.807, 2.05) is 13.8 Å². The Morgan fingerprint density at radius 2 is 1.92 bits per heavy atom. The normalized spacial score (nSPS) is 12.5. The van der Waals surface area contributed by atoms with Gasteiger partial charge in [-0.3, -0.25) is 4.79 Å². The van der Waals surface area contributed by atoms with Crippen molar-refractivity contribution >= 4 is 5.97 Å². The first-order chi connectivity index (χ1) is 6.24. The van der Waals surface area contributed by atoms with E-state index in [0.717, 1.165) is 12.8 Å². The zero-order chi connectivity index (χ0) is 10.1. The Morgan fingerprint density at radius 1 is 1.23 bits per heavy atom. The smallest absolute Gasteiger partial charge is 0.305 e. The van der Waals surface area contributed by atoms with Crippen LogP contribution in [0.1, 0.15) is 40.0 Å². The van der Waals surface area contributed by atoms with Crippen molar-refractivity contribution < 1.29 is 14.3 Å². The fourth-order valence-electron chi connectivity index (χ4n) is 1.15. The predicted molar refractivity (Wildman–Crippen MR) is 51.6 cm³/mol. The van der Waals surface area contributed by atoms with Gasteiger partial charge in [-0.25, -0.2) is 0 Å². The van der Waals surface area contributed by atoms with Crippen LogP contribution < -0.4 is 0 Å². The lowest BCUT2D eigenvalue weighted by Gasteiger charge is -2.13. The molecule has 0 bridgehead atoms. The van der Waals surface area contributed by atoms with E-state index >= 15 is 0 Å². The Morgan fingerprint density at radius 3 is 2.38 bits per heavy atom. The van der Waals surface area contributed by atoms with Crippen molar-refractivity contribution in [2.24, 2.45) is 0 Å². The van der Waals surface area contributed by atoms with Crippen LogP contribution in [0.2, 0.25) is 0 Å². The number of esters is 1. The molecule has 0 N–H and O–H groups in total. The summed E-state index contributed by atoms with van der Waals surface area (Å²) in [6.45, 7) is 7.02. The van der Waals surface area contributed by atoms with Gasteiger partial charge in [-0.15, -0.1) is 0 Å². The fourth-order valence-corrected chi connectivity index (χ4v) is 1.15. The zero-order valence-corrected chi connectivity index (χ0v) is 8.84. The Bertz CT molecular complexity index is 134. The average Bonchev–Trinajstić information content (AvgIpc) is 2.12. The minimum absolute atomic E-state index is 0.124. The molecule has 0 radical (unpaired) electrons. The van der Waals surface area contributed by atoms with Gasteiger partial charge in [0, 0.05) is 13.0 Å². The molecule has 13 heavy (non-hydrogen) atoms. The van der Waals surface area contributed by atoms with E-state index in [9.17, 15) is 4.79 Å². The van der Waals surface area contributed by atoms with E-state index in [-0.39, 0.29) is 12.1 Å². The highest BCUT2D eigenvalue weighted by Crippen LogP contribution is 2.07. The van der Waals surface area contributed by atoms with Crippen molar-refractivity contribution in [2.45, 2.75) is 46.1 Å². The van der Waals surface area contributed by atoms with Crippen LogP contribution >= 0.6 is 0 Å². The third-order valence-corrected chi connectivity index (χ3v) is 1.83. The highest BCUT2D eigenvalue weighted by molar-refractivity contribution is 5.69. The van der Waals surface area contributed by atoms with Crippen LogP contribution in [0.4, 0.5) is 0 Å². The van der Waals surface area contributed by atoms with E-state index in [1.54, 1.807) is 0 Å². The molecule has 0 aromatic rings. The molecule has 0 spiro atoms. The molecule has 3 heteroatoms. The minimum atomic E-state index is -0.124. The van der Waals surface area contributed by atoms with Gasteiger partial charge < -0.3 is 9.47 Å². The summed E-state index contributed by atoms with van der Waals surface area (Å²) in [6, 6.07) is 0. The van der Waals surface area contributed by atoms with Crippen LogP contribution in [0.5, 0.6) is 0 Å². The molecule has 0 aliphatic carbocycles. The Labute approximate surface area is 80.4 Å². The molecule has 78 valence electrons. The predicted octanol–water partition coefficient (Wildman–Crippen LogP) is 2.14. The number of rotatable bonds is 7. The molecule has 0 amide bonds. The summed E-state index contributed by atoms with van der Waals surface area (Å²) < 4.78 is 10.2. The first-order valence-electron chi connectivity index (χ1n) is 5.01. The molecule has 0 fully saturated rings. The average molecular weight is 188 g/mol. The first kappa shape index (κ1) is 12.4. The van der Waals surface area contributed by atoms with Gasteiger partial charge in [0.05, 0.1) is 12.7 Å². The maximum atomic E-state index is 11.0. The summed E-state index contributed by atoms with van der Waals surface area (Å²) >= 11 is 0. The molecule has 1 unspecified atom stereocenters. The van der Waals surface area contributed by atoms with Crippen molar-refractivity contribution in [3.8, 4) is 0 Å². The maximum absolute atomic E-state index is 11.0. The molecule has 0 aromatic carbocycles. The van der Waals surface area contributed by atoms with E-state index in [0.29, 0.717) is 19.6 Å². The molecule has 1 atom stereocenters. The Kier molecular flexibility index (Phi) is 7.69. The monoisotopic (exact) mass is 188 g/mol. The summed E-state index contributed by atoms with van der Waals surface area (Å²) in [5.74, 6) is -0.124. The Hall–Kier alpha value is -0.570. The number of carbonyl (C=O) groups is 1. The number of hydrogen-bond acceptors (Lipinski definition) is 3. The first-order valence-corrected chi connectivity index (χ1v) is 5.01. The SMILES string of the molecule is CCOC(=O)CCC(CC)OCC. The summed E-state index contributed by atoms with van der Waals surface area (Å²) in [7, 11) is 0. The molecule has 0 rings (SSSR count). The molecule has 3 nitrogen and oxygen atoms in total. The van der Waals surface area contributed by atoms with Crippen molar-refractivity contribution in [3.05, 3.63) is 0 Å². The van der Waals surface area contributed by atoms with E-state index in [2.05, 4.69) is 6.92 Å². The third-order valence-electron chi connectivity index (χ3n) is 1.83. The van der Waals surface area contributed by atoms with Gasteiger partial charge >= 0.3 is 5.97 Å². The molecule has 0 aliphatic rings. The standard InChI is InChI=1S/C10H20O3/c1-4-9(12-5-2)7-8-10(11)13-6-3/h9H,4-8H2,1-3H3. The summed E-state index contributed by atoms with van der Waals surface area (Å²) in [5.41, 5.74) is 0. The van der Waals surface area contributed by atoms with Crippen LogP contribution in [0, 0.1) is 0 Å². The second-order valence-electron chi connectivity index (χ2n) is 2.83. The van der Waals surface area contributed by atoms with Gasteiger partial charge in [0.2, 0.25) is 0 Å². The second-order valence-corrected chi connectivity index (χ2v) is 2.83. The van der Waals surface area contributed by atoms with Gasteiger partial charge in [0.15, 0.2) is 0 Å². The second kappa shape index (κ2) is 8.05. The van der Waals surface area contributed by atoms with Crippen LogP contribution in [0.15, 0.2) is 0 Å². The fraction of sp³-hybridized carbons (Fsp3) is 0.900. The van der Waals surface area contributed by atoms with Crippen molar-refractivity contribution in [2.75, 3.05) is 13.2 Å². The van der Waals surface area contributed by atoms with Gasteiger partial charge in [-0.1, -0.05) is 6.92 Å². The zero-order valence-electron chi connectivity index (χ0n) is 8.84. The lowest BCUT2D eigenvalue weighted by molar-refractivity contribution is -0.143. The third kappa shape index (κ3) is 6.58. The minimum Gasteiger partial charge on any atom is -0.466 e. The van der Waals surface area contributed by atoms with Crippen molar-refractivity contribution in [3.63, 3.8) is 0 Å². The number of hydrogen-bond donors (Lipinski definition) is 0. The van der Waals surface area contributed by atoms with Crippen LogP contribution in [-0.2, 0) is 14.3 Å². The molecule has 0 saturated heterocycles. The largest absolute Gasteiger partial charge is 0.466 e. The van der Waals surface area contributed by atoms with Gasteiger partial charge in [0.25, 0.3) is 0 Å². The summed E-state index contributed by atoms with van der Waals surface area (Å²) in [4.78, 5) is 11.0. The van der Waals surface area contributed by atoms with Crippen LogP contribution in [-0.4, -0.2) is 25.3 Å². The quantitative estimate of drug-likeness (QED) is 0.574. The maximum Gasteiger partial charge on any atom is 0.305 e.